The fourth-order valence-corrected chi connectivity index (χ4v) is 5.04. The van der Waals surface area contributed by atoms with Crippen LogP contribution in [0.15, 0.2) is 47.0 Å². The van der Waals surface area contributed by atoms with Gasteiger partial charge in [0.05, 0.1) is 17.2 Å². The number of pyridine rings is 1. The van der Waals surface area contributed by atoms with Gasteiger partial charge < -0.3 is 19.5 Å². The zero-order valence-corrected chi connectivity index (χ0v) is 20.9. The van der Waals surface area contributed by atoms with Crippen LogP contribution >= 0.6 is 0 Å². The quantitative estimate of drug-likeness (QED) is 0.544. The molecule has 2 saturated heterocycles. The van der Waals surface area contributed by atoms with Gasteiger partial charge in [-0.25, -0.2) is 9.97 Å². The smallest absolute Gasteiger partial charge is 0.291 e. The van der Waals surface area contributed by atoms with E-state index < -0.39 is 0 Å². The van der Waals surface area contributed by atoms with Crippen molar-refractivity contribution >= 4 is 17.6 Å². The predicted octanol–water partition coefficient (Wildman–Crippen LogP) is 4.12. The van der Waals surface area contributed by atoms with Crippen molar-refractivity contribution in [1.82, 2.24) is 19.8 Å². The Balaban J connectivity index is 1.25. The van der Waals surface area contributed by atoms with Crippen LogP contribution in [0.5, 0.6) is 0 Å². The van der Waals surface area contributed by atoms with Gasteiger partial charge in [-0.15, -0.1) is 0 Å². The number of hydrogen-bond donors (Lipinski definition) is 1. The first kappa shape index (κ1) is 24.5. The summed E-state index contributed by atoms with van der Waals surface area (Å²) in [5.41, 5.74) is 2.61. The number of rotatable bonds is 6. The number of anilines is 1. The number of likely N-dealkylation sites (tertiary alicyclic amines) is 2. The SMILES string of the molecule is Cc1nc(C2CCCN(C(=O)c3cccc(CNc4ncccc4C#N)c3)C2)oc1C(=O)N1CCCC1. The molecule has 2 aliphatic heterocycles. The van der Waals surface area contributed by atoms with Crippen molar-refractivity contribution in [2.45, 2.75) is 45.1 Å². The summed E-state index contributed by atoms with van der Waals surface area (Å²) < 4.78 is 6.00. The van der Waals surface area contributed by atoms with Gasteiger partial charge >= 0.3 is 0 Å². The summed E-state index contributed by atoms with van der Waals surface area (Å²) in [7, 11) is 0. The molecule has 2 amide bonds. The van der Waals surface area contributed by atoms with Gasteiger partial charge in [-0.3, -0.25) is 9.59 Å². The highest BCUT2D eigenvalue weighted by atomic mass is 16.4. The lowest BCUT2D eigenvalue weighted by Gasteiger charge is -2.31. The van der Waals surface area contributed by atoms with E-state index >= 15 is 0 Å². The zero-order chi connectivity index (χ0) is 25.8. The Kier molecular flexibility index (Phi) is 7.17. The molecule has 2 aliphatic rings. The third-order valence-electron chi connectivity index (χ3n) is 7.02. The lowest BCUT2D eigenvalue weighted by Crippen LogP contribution is -2.39. The van der Waals surface area contributed by atoms with Crippen molar-refractivity contribution in [1.29, 1.82) is 5.26 Å². The van der Waals surface area contributed by atoms with E-state index in [-0.39, 0.29) is 17.7 Å². The Hall–Kier alpha value is -4.19. The molecule has 9 heteroatoms. The molecule has 4 heterocycles. The molecule has 37 heavy (non-hydrogen) atoms. The first-order valence-corrected chi connectivity index (χ1v) is 12.8. The predicted molar refractivity (Wildman–Crippen MR) is 137 cm³/mol. The van der Waals surface area contributed by atoms with Crippen LogP contribution in [0, 0.1) is 18.3 Å². The largest absolute Gasteiger partial charge is 0.435 e. The van der Waals surface area contributed by atoms with E-state index in [1.165, 1.54) is 0 Å². The lowest BCUT2D eigenvalue weighted by molar-refractivity contribution is 0.0688. The van der Waals surface area contributed by atoms with Crippen LogP contribution in [-0.4, -0.2) is 57.8 Å². The Morgan fingerprint density at radius 1 is 1.11 bits per heavy atom. The van der Waals surface area contributed by atoms with Gasteiger partial charge in [0, 0.05) is 44.5 Å². The van der Waals surface area contributed by atoms with E-state index in [9.17, 15) is 14.9 Å². The first-order chi connectivity index (χ1) is 18.0. The number of piperidine rings is 1. The highest BCUT2D eigenvalue weighted by Crippen LogP contribution is 2.29. The van der Waals surface area contributed by atoms with Crippen molar-refractivity contribution in [2.75, 3.05) is 31.5 Å². The summed E-state index contributed by atoms with van der Waals surface area (Å²) in [6.07, 6.45) is 5.37. The molecule has 2 fully saturated rings. The molecule has 0 bridgehead atoms. The summed E-state index contributed by atoms with van der Waals surface area (Å²) in [4.78, 5) is 38.7. The van der Waals surface area contributed by atoms with E-state index in [0.29, 0.717) is 53.9 Å². The van der Waals surface area contributed by atoms with Crippen LogP contribution in [-0.2, 0) is 6.54 Å². The number of nitrogens with zero attached hydrogens (tertiary/aromatic N) is 5. The Labute approximate surface area is 216 Å². The van der Waals surface area contributed by atoms with Crippen LogP contribution in [0.4, 0.5) is 5.82 Å². The average Bonchev–Trinajstić information content (AvgIpc) is 3.62. The molecule has 1 atom stereocenters. The summed E-state index contributed by atoms with van der Waals surface area (Å²) >= 11 is 0. The van der Waals surface area contributed by atoms with Crippen molar-refractivity contribution in [3.8, 4) is 6.07 Å². The molecule has 0 aliphatic carbocycles. The maximum atomic E-state index is 13.4. The zero-order valence-electron chi connectivity index (χ0n) is 20.9. The average molecular weight is 499 g/mol. The molecule has 0 saturated carbocycles. The minimum absolute atomic E-state index is 0.0428. The second kappa shape index (κ2) is 10.8. The van der Waals surface area contributed by atoms with Crippen LogP contribution in [0.1, 0.15) is 75.2 Å². The standard InChI is InChI=1S/C28H30N6O3/c1-19-24(28(36)33-12-2-3-13-33)37-26(32-19)23-10-6-14-34(18-23)27(35)21-8-4-7-20(15-21)17-31-25-22(16-29)9-5-11-30-25/h4-5,7-9,11,15,23H,2-3,6,10,12-14,17-18H2,1H3,(H,30,31). The van der Waals surface area contributed by atoms with Crippen LogP contribution in [0.3, 0.4) is 0 Å². The maximum Gasteiger partial charge on any atom is 0.291 e. The van der Waals surface area contributed by atoms with Crippen molar-refractivity contribution in [3.05, 3.63) is 76.6 Å². The number of carbonyl (C=O) groups excluding carboxylic acids is 2. The number of nitrogens with one attached hydrogen (secondary N) is 1. The van der Waals surface area contributed by atoms with Crippen LogP contribution < -0.4 is 5.32 Å². The molecule has 0 spiro atoms. The topological polar surface area (TPSA) is 115 Å². The molecule has 5 rings (SSSR count). The third kappa shape index (κ3) is 5.33. The number of carbonyl (C=O) groups is 2. The van der Waals surface area contributed by atoms with Gasteiger partial charge in [-0.2, -0.15) is 5.26 Å². The van der Waals surface area contributed by atoms with E-state index in [1.54, 1.807) is 18.3 Å². The summed E-state index contributed by atoms with van der Waals surface area (Å²) in [6, 6.07) is 13.1. The summed E-state index contributed by atoms with van der Waals surface area (Å²) in [6.45, 7) is 4.94. The Bertz CT molecular complexity index is 1340. The number of nitriles is 1. The molecule has 2 aromatic heterocycles. The number of amides is 2. The fraction of sp³-hybridized carbons (Fsp3) is 0.393. The van der Waals surface area contributed by atoms with Gasteiger partial charge in [0.25, 0.3) is 11.8 Å². The van der Waals surface area contributed by atoms with Crippen molar-refractivity contribution in [3.63, 3.8) is 0 Å². The number of aromatic nitrogens is 2. The van der Waals surface area contributed by atoms with E-state index in [1.807, 2.05) is 41.0 Å². The number of aryl methyl sites for hydroxylation is 1. The van der Waals surface area contributed by atoms with Crippen LogP contribution in [0.25, 0.3) is 0 Å². The molecule has 3 aromatic rings. The Morgan fingerprint density at radius 2 is 1.92 bits per heavy atom. The molecule has 1 unspecified atom stereocenters. The minimum Gasteiger partial charge on any atom is -0.435 e. The second-order valence-corrected chi connectivity index (χ2v) is 9.62. The van der Waals surface area contributed by atoms with E-state index in [0.717, 1.165) is 44.3 Å². The monoisotopic (exact) mass is 498 g/mol. The first-order valence-electron chi connectivity index (χ1n) is 12.8. The Morgan fingerprint density at radius 3 is 2.73 bits per heavy atom. The fourth-order valence-electron chi connectivity index (χ4n) is 5.04. The molecule has 9 nitrogen and oxygen atoms in total. The normalized spacial score (nSPS) is 17.5. The summed E-state index contributed by atoms with van der Waals surface area (Å²) in [5.74, 6) is 1.21. The van der Waals surface area contributed by atoms with Gasteiger partial charge in [-0.1, -0.05) is 12.1 Å². The number of hydrogen-bond acceptors (Lipinski definition) is 7. The molecular weight excluding hydrogens is 468 g/mol. The highest BCUT2D eigenvalue weighted by molar-refractivity contribution is 5.94. The number of benzene rings is 1. The van der Waals surface area contributed by atoms with Gasteiger partial charge in [-0.05, 0) is 62.4 Å². The van der Waals surface area contributed by atoms with Gasteiger partial charge in [0.15, 0.2) is 5.89 Å². The highest BCUT2D eigenvalue weighted by Gasteiger charge is 2.31. The number of oxazole rings is 1. The van der Waals surface area contributed by atoms with Crippen LogP contribution in [0.2, 0.25) is 0 Å². The minimum atomic E-state index is -0.0875. The molecule has 0 radical (unpaired) electrons. The van der Waals surface area contributed by atoms with E-state index in [2.05, 4.69) is 21.4 Å². The van der Waals surface area contributed by atoms with Crippen molar-refractivity contribution in [2.24, 2.45) is 0 Å². The maximum absolute atomic E-state index is 13.4. The van der Waals surface area contributed by atoms with Crippen molar-refractivity contribution < 1.29 is 14.0 Å². The molecular formula is C28H30N6O3. The third-order valence-corrected chi connectivity index (χ3v) is 7.02. The molecule has 1 aromatic carbocycles. The van der Waals surface area contributed by atoms with Gasteiger partial charge in [0.1, 0.15) is 11.9 Å². The molecule has 190 valence electrons. The second-order valence-electron chi connectivity index (χ2n) is 9.62. The van der Waals surface area contributed by atoms with E-state index in [4.69, 9.17) is 4.42 Å². The molecule has 1 N–H and O–H groups in total. The summed E-state index contributed by atoms with van der Waals surface area (Å²) in [5, 5.41) is 12.4. The van der Waals surface area contributed by atoms with Gasteiger partial charge in [0.2, 0.25) is 5.76 Å². The lowest BCUT2D eigenvalue weighted by atomic mass is 9.97.